The van der Waals surface area contributed by atoms with Crippen LogP contribution >= 0.6 is 0 Å². The van der Waals surface area contributed by atoms with E-state index in [1.54, 1.807) is 6.08 Å². The Bertz CT molecular complexity index is 960. The van der Waals surface area contributed by atoms with Gasteiger partial charge in [0, 0.05) is 0 Å². The van der Waals surface area contributed by atoms with Crippen molar-refractivity contribution in [2.75, 3.05) is 0 Å². The van der Waals surface area contributed by atoms with Gasteiger partial charge in [-0.15, -0.1) is 0 Å². The van der Waals surface area contributed by atoms with Crippen molar-refractivity contribution in [2.24, 2.45) is 5.41 Å². The van der Waals surface area contributed by atoms with Crippen molar-refractivity contribution in [3.05, 3.63) is 119 Å². The van der Waals surface area contributed by atoms with Crippen LogP contribution in [-0.4, -0.2) is 6.29 Å². The highest BCUT2D eigenvalue weighted by atomic mass is 16.1. The molecule has 33 heavy (non-hydrogen) atoms. The molecule has 0 aromatic carbocycles. The lowest BCUT2D eigenvalue weighted by molar-refractivity contribution is -0.104. The van der Waals surface area contributed by atoms with Crippen molar-refractivity contribution in [2.45, 2.75) is 67.7 Å². The van der Waals surface area contributed by atoms with Gasteiger partial charge in [0.05, 0.1) is 0 Å². The molecule has 176 valence electrons. The van der Waals surface area contributed by atoms with E-state index >= 15 is 0 Å². The molecule has 0 saturated heterocycles. The van der Waals surface area contributed by atoms with Crippen LogP contribution in [0, 0.1) is 5.41 Å². The predicted octanol–water partition coefficient (Wildman–Crippen LogP) is 9.28. The topological polar surface area (TPSA) is 17.1 Å². The molecule has 0 amide bonds. The van der Waals surface area contributed by atoms with Gasteiger partial charge in [0.2, 0.25) is 0 Å². The van der Waals surface area contributed by atoms with Crippen LogP contribution in [0.4, 0.5) is 0 Å². The number of carbonyl (C=O) groups is 1. The Hall–Kier alpha value is -2.93. The second kappa shape index (κ2) is 15.0. The fourth-order valence-corrected chi connectivity index (χ4v) is 3.76. The highest BCUT2D eigenvalue weighted by Gasteiger charge is 2.26. The summed E-state index contributed by atoms with van der Waals surface area (Å²) in [5.41, 5.74) is 7.99. The van der Waals surface area contributed by atoms with E-state index in [4.69, 9.17) is 0 Å². The first-order valence-electron chi connectivity index (χ1n) is 11.9. The Labute approximate surface area is 202 Å². The summed E-state index contributed by atoms with van der Waals surface area (Å²) in [6.45, 7) is 15.3. The first-order valence-corrected chi connectivity index (χ1v) is 11.9. The van der Waals surface area contributed by atoms with Gasteiger partial charge in [0.25, 0.3) is 0 Å². The molecule has 0 N–H and O–H groups in total. The molecule has 0 saturated carbocycles. The van der Waals surface area contributed by atoms with Crippen molar-refractivity contribution in [3.8, 4) is 0 Å². The van der Waals surface area contributed by atoms with Gasteiger partial charge in [-0.2, -0.15) is 0 Å². The molecule has 0 bridgehead atoms. The Morgan fingerprint density at radius 2 is 1.15 bits per heavy atom. The van der Waals surface area contributed by atoms with Crippen molar-refractivity contribution < 1.29 is 4.79 Å². The molecule has 0 spiro atoms. The zero-order valence-corrected chi connectivity index (χ0v) is 21.7. The molecule has 0 heterocycles. The molecule has 0 radical (unpaired) electrons. The first kappa shape index (κ1) is 28.1. The fraction of sp³-hybridized carbons (Fsp3) is 0.344. The van der Waals surface area contributed by atoms with Crippen LogP contribution in [0.25, 0.3) is 0 Å². The molecular formula is C32H42O. The summed E-state index contributed by atoms with van der Waals surface area (Å²) in [5.74, 6) is 0. The normalized spacial score (nSPS) is 19.4. The van der Waals surface area contributed by atoms with Gasteiger partial charge in [-0.3, -0.25) is 4.79 Å². The van der Waals surface area contributed by atoms with Crippen molar-refractivity contribution in [1.82, 2.24) is 0 Å². The summed E-state index contributed by atoms with van der Waals surface area (Å²) in [4.78, 5) is 10.3. The minimum absolute atomic E-state index is 0.285. The molecular weight excluding hydrogens is 400 g/mol. The number of hydrogen-bond acceptors (Lipinski definition) is 1. The Morgan fingerprint density at radius 1 is 0.697 bits per heavy atom. The van der Waals surface area contributed by atoms with Crippen LogP contribution in [0.15, 0.2) is 119 Å². The summed E-state index contributed by atoms with van der Waals surface area (Å²) in [6.07, 6.45) is 33.2. The molecule has 0 fully saturated rings. The second-order valence-corrected chi connectivity index (χ2v) is 9.51. The lowest BCUT2D eigenvalue weighted by Gasteiger charge is -2.32. The average molecular weight is 443 g/mol. The van der Waals surface area contributed by atoms with Crippen LogP contribution in [0.3, 0.4) is 0 Å². The molecule has 0 atom stereocenters. The summed E-state index contributed by atoms with van der Waals surface area (Å²) in [6, 6.07) is 0. The second-order valence-electron chi connectivity index (χ2n) is 9.51. The van der Waals surface area contributed by atoms with E-state index in [0.29, 0.717) is 0 Å². The van der Waals surface area contributed by atoms with Crippen LogP contribution in [0.5, 0.6) is 0 Å². The quantitative estimate of drug-likeness (QED) is 0.187. The summed E-state index contributed by atoms with van der Waals surface area (Å²) in [5, 5.41) is 0. The van der Waals surface area contributed by atoms with E-state index in [0.717, 1.165) is 17.4 Å². The van der Waals surface area contributed by atoms with Gasteiger partial charge in [-0.1, -0.05) is 121 Å². The third kappa shape index (κ3) is 12.0. The molecule has 0 aromatic heterocycles. The number of hydrogen-bond donors (Lipinski definition) is 0. The van der Waals surface area contributed by atoms with Gasteiger partial charge < -0.3 is 0 Å². The molecule has 0 aromatic rings. The highest BCUT2D eigenvalue weighted by Crippen LogP contribution is 2.40. The van der Waals surface area contributed by atoms with E-state index in [-0.39, 0.29) is 5.41 Å². The highest BCUT2D eigenvalue weighted by molar-refractivity contribution is 5.65. The summed E-state index contributed by atoms with van der Waals surface area (Å²) >= 11 is 0. The Balaban J connectivity index is 2.64. The van der Waals surface area contributed by atoms with Gasteiger partial charge in [-0.05, 0) is 70.9 Å². The zero-order valence-electron chi connectivity index (χ0n) is 21.7. The molecule has 1 aliphatic rings. The van der Waals surface area contributed by atoms with Gasteiger partial charge in [0.1, 0.15) is 6.29 Å². The monoisotopic (exact) mass is 442 g/mol. The molecule has 0 unspecified atom stereocenters. The fourth-order valence-electron chi connectivity index (χ4n) is 3.76. The minimum Gasteiger partial charge on any atom is -0.299 e. The van der Waals surface area contributed by atoms with Gasteiger partial charge in [0.15, 0.2) is 0 Å². The maximum absolute atomic E-state index is 10.3. The molecule has 1 nitrogen and oxygen atoms in total. The lowest BCUT2D eigenvalue weighted by atomic mass is 9.72. The van der Waals surface area contributed by atoms with E-state index in [1.807, 2.05) is 31.2 Å². The van der Waals surface area contributed by atoms with E-state index < -0.39 is 0 Å². The predicted molar refractivity (Wildman–Crippen MR) is 147 cm³/mol. The summed E-state index contributed by atoms with van der Waals surface area (Å²) in [7, 11) is 0. The number of allylic oxidation sites excluding steroid dienone is 20. The maximum atomic E-state index is 10.3. The number of carbonyl (C=O) groups excluding carboxylic acids is 1. The van der Waals surface area contributed by atoms with E-state index in [9.17, 15) is 4.79 Å². The molecule has 0 aliphatic heterocycles. The molecule has 1 heteroatoms. The van der Waals surface area contributed by atoms with Crippen LogP contribution in [0.1, 0.15) is 67.7 Å². The molecule has 1 rings (SSSR count). The van der Waals surface area contributed by atoms with Crippen molar-refractivity contribution >= 4 is 6.29 Å². The Kier molecular flexibility index (Phi) is 12.8. The third-order valence-corrected chi connectivity index (χ3v) is 5.76. The van der Waals surface area contributed by atoms with Crippen LogP contribution in [-0.2, 0) is 4.79 Å². The lowest BCUT2D eigenvalue weighted by Crippen LogP contribution is -2.19. The minimum atomic E-state index is 0.285. The van der Waals surface area contributed by atoms with Crippen LogP contribution < -0.4 is 0 Å². The zero-order chi connectivity index (χ0) is 24.7. The smallest absolute Gasteiger partial charge is 0.142 e. The third-order valence-electron chi connectivity index (χ3n) is 5.76. The van der Waals surface area contributed by atoms with E-state index in [2.05, 4.69) is 90.2 Å². The van der Waals surface area contributed by atoms with E-state index in [1.165, 1.54) is 47.6 Å². The summed E-state index contributed by atoms with van der Waals surface area (Å²) < 4.78 is 0. The van der Waals surface area contributed by atoms with Crippen molar-refractivity contribution in [3.63, 3.8) is 0 Å². The number of aldehydes is 1. The first-order chi connectivity index (χ1) is 15.7. The Morgan fingerprint density at radius 3 is 1.64 bits per heavy atom. The standard InChI is InChI=1S/C32H42O/c1-26(16-10-18-28(3)20-13-25-33)14-8-9-15-27(2)17-11-19-29(4)22-23-31-30(5)21-12-24-32(31,6)7/h8-11,13-20,22-23,25H,12,21,24H2,1-7H3/b9-8+,16-10+,17-11+,20-13+,23-22+,26-14+,27-15+,28-18+,29-19+. The van der Waals surface area contributed by atoms with Gasteiger partial charge in [-0.25, -0.2) is 0 Å². The van der Waals surface area contributed by atoms with Crippen LogP contribution in [0.2, 0.25) is 0 Å². The van der Waals surface area contributed by atoms with Gasteiger partial charge >= 0.3 is 0 Å². The maximum Gasteiger partial charge on any atom is 0.142 e. The average Bonchev–Trinajstić information content (AvgIpc) is 2.74. The largest absolute Gasteiger partial charge is 0.299 e. The SMILES string of the molecule is CC1=C(/C=C/C(C)=C/C=C/C(C)=C/C=C/C=C(C)/C=C/C=C(C)/C=C/C=O)C(C)(C)CCC1. The number of rotatable bonds is 10. The van der Waals surface area contributed by atoms with Crippen molar-refractivity contribution in [1.29, 1.82) is 0 Å². The molecule has 1 aliphatic carbocycles.